The molecule has 1 aliphatic carbocycles. The third-order valence-corrected chi connectivity index (χ3v) is 4.68. The van der Waals surface area contributed by atoms with E-state index in [1.165, 1.54) is 12.8 Å². The van der Waals surface area contributed by atoms with Gasteiger partial charge in [0.15, 0.2) is 5.76 Å². The monoisotopic (exact) mass is 312 g/mol. The molecule has 1 aromatic heterocycles. The van der Waals surface area contributed by atoms with E-state index in [4.69, 9.17) is 4.52 Å². The number of carbonyl (C=O) groups is 1. The van der Waals surface area contributed by atoms with Crippen molar-refractivity contribution in [3.05, 3.63) is 36.0 Å². The maximum atomic E-state index is 12.4. The number of nitrogens with one attached hydrogen (secondary N) is 1. The second kappa shape index (κ2) is 6.99. The van der Waals surface area contributed by atoms with Gasteiger partial charge in [0, 0.05) is 12.0 Å². The van der Waals surface area contributed by atoms with Crippen LogP contribution in [0.25, 0.3) is 11.3 Å². The average Bonchev–Trinajstić information content (AvgIpc) is 2.89. The van der Waals surface area contributed by atoms with Crippen LogP contribution in [0.3, 0.4) is 0 Å². The van der Waals surface area contributed by atoms with Crippen molar-refractivity contribution in [3.63, 3.8) is 0 Å². The van der Waals surface area contributed by atoms with Gasteiger partial charge in [0.25, 0.3) is 0 Å². The summed E-state index contributed by atoms with van der Waals surface area (Å²) in [5.41, 5.74) is 2.34. The van der Waals surface area contributed by atoms with Crippen LogP contribution in [-0.4, -0.2) is 11.1 Å². The highest BCUT2D eigenvalue weighted by Gasteiger charge is 2.23. The van der Waals surface area contributed by atoms with Gasteiger partial charge in [-0.1, -0.05) is 55.3 Å². The molecule has 1 fully saturated rings. The van der Waals surface area contributed by atoms with Crippen molar-refractivity contribution >= 4 is 11.6 Å². The molecule has 4 nitrogen and oxygen atoms in total. The molecule has 0 saturated heterocycles. The first-order chi connectivity index (χ1) is 11.1. The molecule has 23 heavy (non-hydrogen) atoms. The van der Waals surface area contributed by atoms with Crippen molar-refractivity contribution in [3.8, 4) is 11.3 Å². The molecule has 1 saturated carbocycles. The van der Waals surface area contributed by atoms with E-state index in [-0.39, 0.29) is 5.91 Å². The number of aromatic nitrogens is 1. The minimum absolute atomic E-state index is 0.0626. The highest BCUT2D eigenvalue weighted by Crippen LogP contribution is 2.33. The zero-order chi connectivity index (χ0) is 16.2. The molecule has 2 atom stereocenters. The molecule has 4 heteroatoms. The highest BCUT2D eigenvalue weighted by atomic mass is 16.5. The molecule has 1 heterocycles. The fraction of sp³-hybridized carbons (Fsp3) is 0.474. The van der Waals surface area contributed by atoms with Crippen molar-refractivity contribution in [2.24, 2.45) is 11.8 Å². The van der Waals surface area contributed by atoms with Gasteiger partial charge in [-0.25, -0.2) is 0 Å². The van der Waals surface area contributed by atoms with E-state index in [1.54, 1.807) is 0 Å². The Morgan fingerprint density at radius 1 is 1.30 bits per heavy atom. The van der Waals surface area contributed by atoms with Gasteiger partial charge in [-0.2, -0.15) is 0 Å². The Balaban J connectivity index is 1.70. The van der Waals surface area contributed by atoms with Gasteiger partial charge in [-0.05, 0) is 31.6 Å². The molecule has 0 aliphatic heterocycles. The lowest BCUT2D eigenvalue weighted by atomic mass is 9.81. The first kappa shape index (κ1) is 15.8. The Kier molecular flexibility index (Phi) is 4.79. The largest absolute Gasteiger partial charge is 0.354 e. The summed E-state index contributed by atoms with van der Waals surface area (Å²) in [6, 6.07) is 9.76. The van der Waals surface area contributed by atoms with Crippen LogP contribution >= 0.6 is 0 Å². The van der Waals surface area contributed by atoms with Gasteiger partial charge in [0.2, 0.25) is 5.91 Å². The van der Waals surface area contributed by atoms with Crippen LogP contribution in [-0.2, 0) is 4.79 Å². The Morgan fingerprint density at radius 2 is 2.09 bits per heavy atom. The number of amides is 1. The lowest BCUT2D eigenvalue weighted by molar-refractivity contribution is -0.117. The number of hydrogen-bond donors (Lipinski definition) is 1. The summed E-state index contributed by atoms with van der Waals surface area (Å²) in [6.07, 6.45) is 5.43. The second-order valence-corrected chi connectivity index (χ2v) is 6.73. The van der Waals surface area contributed by atoms with E-state index in [0.717, 1.165) is 24.3 Å². The predicted octanol–water partition coefficient (Wildman–Crippen LogP) is 4.80. The van der Waals surface area contributed by atoms with Crippen LogP contribution in [0.4, 0.5) is 5.69 Å². The molecule has 2 unspecified atom stereocenters. The van der Waals surface area contributed by atoms with Crippen LogP contribution in [0.2, 0.25) is 0 Å². The van der Waals surface area contributed by atoms with E-state index in [1.807, 2.05) is 37.3 Å². The minimum Gasteiger partial charge on any atom is -0.354 e. The summed E-state index contributed by atoms with van der Waals surface area (Å²) in [7, 11) is 0. The number of benzene rings is 1. The number of hydrogen-bond acceptors (Lipinski definition) is 3. The summed E-state index contributed by atoms with van der Waals surface area (Å²) in [6.45, 7) is 4.13. The van der Waals surface area contributed by atoms with E-state index in [0.29, 0.717) is 29.5 Å². The maximum absolute atomic E-state index is 12.4. The zero-order valence-electron chi connectivity index (χ0n) is 13.8. The molecule has 1 aliphatic rings. The lowest BCUT2D eigenvalue weighted by Gasteiger charge is -2.26. The molecule has 0 radical (unpaired) electrons. The summed E-state index contributed by atoms with van der Waals surface area (Å²) in [5, 5.41) is 7.04. The van der Waals surface area contributed by atoms with E-state index >= 15 is 0 Å². The molecular weight excluding hydrogens is 288 g/mol. The quantitative estimate of drug-likeness (QED) is 0.881. The molecule has 1 amide bonds. The van der Waals surface area contributed by atoms with Gasteiger partial charge >= 0.3 is 0 Å². The number of anilines is 1. The van der Waals surface area contributed by atoms with E-state index < -0.39 is 0 Å². The van der Waals surface area contributed by atoms with Crippen LogP contribution in [0.5, 0.6) is 0 Å². The standard InChI is InChI=1S/C19H24N2O2/c1-13-7-6-8-15(11-13)12-17(22)20-18-14(2)21-23-19(18)16-9-4-3-5-10-16/h3-5,9-10,13,15H,6-8,11-12H2,1-2H3,(H,20,22). The van der Waals surface area contributed by atoms with Gasteiger partial charge in [-0.3, -0.25) is 4.79 Å². The minimum atomic E-state index is 0.0626. The van der Waals surface area contributed by atoms with Crippen molar-refractivity contribution in [1.29, 1.82) is 0 Å². The Morgan fingerprint density at radius 3 is 2.83 bits per heavy atom. The zero-order valence-corrected chi connectivity index (χ0v) is 13.8. The van der Waals surface area contributed by atoms with E-state index in [9.17, 15) is 4.79 Å². The van der Waals surface area contributed by atoms with Crippen molar-refractivity contribution < 1.29 is 9.32 Å². The molecule has 0 bridgehead atoms. The molecule has 1 N–H and O–H groups in total. The third kappa shape index (κ3) is 3.81. The summed E-state index contributed by atoms with van der Waals surface area (Å²) >= 11 is 0. The van der Waals surface area contributed by atoms with E-state index in [2.05, 4.69) is 17.4 Å². The SMILES string of the molecule is Cc1noc(-c2ccccc2)c1NC(=O)CC1CCCC(C)C1. The Labute approximate surface area is 137 Å². The first-order valence-electron chi connectivity index (χ1n) is 8.45. The van der Waals surface area contributed by atoms with Crippen LogP contribution in [0, 0.1) is 18.8 Å². The number of carbonyl (C=O) groups excluding carboxylic acids is 1. The van der Waals surface area contributed by atoms with Gasteiger partial charge in [0.05, 0.1) is 0 Å². The lowest BCUT2D eigenvalue weighted by Crippen LogP contribution is -2.21. The second-order valence-electron chi connectivity index (χ2n) is 6.73. The summed E-state index contributed by atoms with van der Waals surface area (Å²) in [4.78, 5) is 12.4. The van der Waals surface area contributed by atoms with Crippen LogP contribution < -0.4 is 5.32 Å². The van der Waals surface area contributed by atoms with Gasteiger partial charge < -0.3 is 9.84 Å². The number of rotatable bonds is 4. The topological polar surface area (TPSA) is 55.1 Å². The fourth-order valence-electron chi connectivity index (χ4n) is 3.50. The Bertz CT molecular complexity index is 663. The normalized spacial score (nSPS) is 21.1. The van der Waals surface area contributed by atoms with Crippen LogP contribution in [0.15, 0.2) is 34.9 Å². The van der Waals surface area contributed by atoms with Gasteiger partial charge in [-0.15, -0.1) is 0 Å². The summed E-state index contributed by atoms with van der Waals surface area (Å²) in [5.74, 6) is 1.93. The van der Waals surface area contributed by atoms with Crippen molar-refractivity contribution in [2.45, 2.75) is 46.0 Å². The number of aryl methyl sites for hydroxylation is 1. The Hall–Kier alpha value is -2.10. The molecule has 3 rings (SSSR count). The molecule has 0 spiro atoms. The van der Waals surface area contributed by atoms with Crippen LogP contribution in [0.1, 0.15) is 44.7 Å². The molecule has 2 aromatic rings. The predicted molar refractivity (Wildman–Crippen MR) is 91.0 cm³/mol. The molecule has 122 valence electrons. The smallest absolute Gasteiger partial charge is 0.224 e. The number of nitrogens with zero attached hydrogens (tertiary/aromatic N) is 1. The third-order valence-electron chi connectivity index (χ3n) is 4.68. The van der Waals surface area contributed by atoms with Crippen molar-refractivity contribution in [1.82, 2.24) is 5.16 Å². The fourth-order valence-corrected chi connectivity index (χ4v) is 3.50. The van der Waals surface area contributed by atoms with Gasteiger partial charge in [0.1, 0.15) is 11.4 Å². The maximum Gasteiger partial charge on any atom is 0.224 e. The molecule has 1 aromatic carbocycles. The average molecular weight is 312 g/mol. The highest BCUT2D eigenvalue weighted by molar-refractivity contribution is 5.95. The van der Waals surface area contributed by atoms with Crippen molar-refractivity contribution in [2.75, 3.05) is 5.32 Å². The summed E-state index contributed by atoms with van der Waals surface area (Å²) < 4.78 is 5.42. The molecular formula is C19H24N2O2. The first-order valence-corrected chi connectivity index (χ1v) is 8.45.